The highest BCUT2D eigenvalue weighted by Gasteiger charge is 2.21. The van der Waals surface area contributed by atoms with Crippen molar-refractivity contribution in [3.8, 4) is 11.5 Å². The fourth-order valence-electron chi connectivity index (χ4n) is 2.84. The first-order valence-electron chi connectivity index (χ1n) is 8.88. The van der Waals surface area contributed by atoms with Crippen LogP contribution in [0.3, 0.4) is 0 Å². The van der Waals surface area contributed by atoms with Gasteiger partial charge in [0.05, 0.1) is 13.2 Å². The molecule has 0 heterocycles. The summed E-state index contributed by atoms with van der Waals surface area (Å²) in [6, 6.07) is 26.8. The second-order valence-electron chi connectivity index (χ2n) is 6.20. The number of hydrogen-bond acceptors (Lipinski definition) is 3. The molecule has 0 aliphatic heterocycles. The van der Waals surface area contributed by atoms with Gasteiger partial charge in [0.15, 0.2) is 6.10 Å². The summed E-state index contributed by atoms with van der Waals surface area (Å²) in [5.41, 5.74) is 2.04. The van der Waals surface area contributed by atoms with E-state index in [9.17, 15) is 4.79 Å². The molecule has 4 heteroatoms. The van der Waals surface area contributed by atoms with Gasteiger partial charge in [-0.05, 0) is 30.2 Å². The van der Waals surface area contributed by atoms with Crippen LogP contribution in [0.2, 0.25) is 0 Å². The molecule has 3 aromatic rings. The van der Waals surface area contributed by atoms with Crippen molar-refractivity contribution in [2.45, 2.75) is 19.1 Å². The van der Waals surface area contributed by atoms with Gasteiger partial charge < -0.3 is 14.8 Å². The second kappa shape index (κ2) is 8.90. The average molecular weight is 361 g/mol. The Labute approximate surface area is 159 Å². The topological polar surface area (TPSA) is 47.6 Å². The van der Waals surface area contributed by atoms with Gasteiger partial charge in [-0.25, -0.2) is 0 Å². The molecule has 0 spiro atoms. The molecule has 0 aliphatic rings. The van der Waals surface area contributed by atoms with Crippen LogP contribution >= 0.6 is 0 Å². The van der Waals surface area contributed by atoms with Crippen molar-refractivity contribution >= 4 is 5.91 Å². The van der Waals surface area contributed by atoms with Gasteiger partial charge in [-0.2, -0.15) is 0 Å². The Morgan fingerprint density at radius 1 is 0.815 bits per heavy atom. The van der Waals surface area contributed by atoms with Crippen LogP contribution in [0.15, 0.2) is 84.9 Å². The van der Waals surface area contributed by atoms with Gasteiger partial charge in [0.25, 0.3) is 5.91 Å². The molecule has 4 nitrogen and oxygen atoms in total. The molecular weight excluding hydrogens is 338 g/mol. The van der Waals surface area contributed by atoms with E-state index in [-0.39, 0.29) is 11.9 Å². The van der Waals surface area contributed by atoms with E-state index < -0.39 is 6.10 Å². The van der Waals surface area contributed by atoms with E-state index in [1.165, 1.54) is 0 Å². The van der Waals surface area contributed by atoms with E-state index in [0.717, 1.165) is 11.1 Å². The Balaban J connectivity index is 1.76. The normalized spacial score (nSPS) is 11.7. The Morgan fingerprint density at radius 2 is 1.37 bits per heavy atom. The first-order chi connectivity index (χ1) is 13.2. The zero-order valence-electron chi connectivity index (χ0n) is 15.5. The highest BCUT2D eigenvalue weighted by atomic mass is 16.5. The summed E-state index contributed by atoms with van der Waals surface area (Å²) in [5, 5.41) is 3.10. The molecule has 0 saturated heterocycles. The molecule has 138 valence electrons. The summed E-state index contributed by atoms with van der Waals surface area (Å²) in [7, 11) is 1.60. The number of carbonyl (C=O) groups is 1. The lowest BCUT2D eigenvalue weighted by molar-refractivity contribution is -0.127. The van der Waals surface area contributed by atoms with Gasteiger partial charge in [-0.3, -0.25) is 4.79 Å². The fourth-order valence-corrected chi connectivity index (χ4v) is 2.84. The van der Waals surface area contributed by atoms with Crippen LogP contribution in [0.4, 0.5) is 0 Å². The SMILES string of the molecule is COc1cccc(O[C@H](C)C(=O)NC(c2ccccc2)c2ccccc2)c1. The minimum atomic E-state index is -0.646. The third-order valence-corrected chi connectivity index (χ3v) is 4.28. The van der Waals surface area contributed by atoms with Crippen molar-refractivity contribution in [3.63, 3.8) is 0 Å². The van der Waals surface area contributed by atoms with Crippen molar-refractivity contribution in [3.05, 3.63) is 96.1 Å². The average Bonchev–Trinajstić information content (AvgIpc) is 2.73. The van der Waals surface area contributed by atoms with Gasteiger partial charge in [0.1, 0.15) is 11.5 Å². The summed E-state index contributed by atoms with van der Waals surface area (Å²) in [6.07, 6.45) is -0.646. The Kier molecular flexibility index (Phi) is 6.10. The van der Waals surface area contributed by atoms with E-state index in [4.69, 9.17) is 9.47 Å². The first-order valence-corrected chi connectivity index (χ1v) is 8.88. The highest BCUT2D eigenvalue weighted by molar-refractivity contribution is 5.81. The van der Waals surface area contributed by atoms with Crippen LogP contribution in [-0.2, 0) is 4.79 Å². The lowest BCUT2D eigenvalue weighted by Gasteiger charge is -2.22. The Morgan fingerprint density at radius 3 is 1.93 bits per heavy atom. The van der Waals surface area contributed by atoms with Crippen molar-refractivity contribution in [2.24, 2.45) is 0 Å². The molecule has 0 fully saturated rings. The maximum absolute atomic E-state index is 12.8. The van der Waals surface area contributed by atoms with E-state index >= 15 is 0 Å². The van der Waals surface area contributed by atoms with Crippen LogP contribution in [0.25, 0.3) is 0 Å². The van der Waals surface area contributed by atoms with Gasteiger partial charge in [0.2, 0.25) is 0 Å². The lowest BCUT2D eigenvalue weighted by atomic mass is 9.98. The van der Waals surface area contributed by atoms with Gasteiger partial charge >= 0.3 is 0 Å². The predicted octanol–water partition coefficient (Wildman–Crippen LogP) is 4.37. The number of benzene rings is 3. The van der Waals surface area contributed by atoms with Crippen LogP contribution in [-0.4, -0.2) is 19.1 Å². The molecule has 0 radical (unpaired) electrons. The van der Waals surface area contributed by atoms with Crippen LogP contribution < -0.4 is 14.8 Å². The molecule has 3 rings (SSSR count). The number of nitrogens with one attached hydrogen (secondary N) is 1. The van der Waals surface area contributed by atoms with E-state index in [0.29, 0.717) is 11.5 Å². The summed E-state index contributed by atoms with van der Waals surface area (Å²) < 4.78 is 11.0. The highest BCUT2D eigenvalue weighted by Crippen LogP contribution is 2.23. The summed E-state index contributed by atoms with van der Waals surface area (Å²) in [4.78, 5) is 12.8. The monoisotopic (exact) mass is 361 g/mol. The molecule has 1 N–H and O–H groups in total. The molecule has 0 aliphatic carbocycles. The zero-order chi connectivity index (χ0) is 19.1. The molecule has 0 aromatic heterocycles. The van der Waals surface area contributed by atoms with Crippen molar-refractivity contribution in [1.82, 2.24) is 5.32 Å². The number of amides is 1. The summed E-state index contributed by atoms with van der Waals surface area (Å²) in [6.45, 7) is 1.74. The van der Waals surface area contributed by atoms with Crippen molar-refractivity contribution in [1.29, 1.82) is 0 Å². The van der Waals surface area contributed by atoms with E-state index in [1.807, 2.05) is 72.8 Å². The molecular formula is C23H23NO3. The molecule has 1 atom stereocenters. The zero-order valence-corrected chi connectivity index (χ0v) is 15.5. The number of carbonyl (C=O) groups excluding carboxylic acids is 1. The van der Waals surface area contributed by atoms with Crippen LogP contribution in [0.5, 0.6) is 11.5 Å². The summed E-state index contributed by atoms with van der Waals surface area (Å²) in [5.74, 6) is 1.09. The van der Waals surface area contributed by atoms with Crippen molar-refractivity contribution < 1.29 is 14.3 Å². The minimum Gasteiger partial charge on any atom is -0.497 e. The van der Waals surface area contributed by atoms with Gasteiger partial charge in [-0.1, -0.05) is 66.7 Å². The van der Waals surface area contributed by atoms with E-state index in [1.54, 1.807) is 26.2 Å². The third kappa shape index (κ3) is 4.88. The molecule has 1 amide bonds. The molecule has 3 aromatic carbocycles. The largest absolute Gasteiger partial charge is 0.497 e. The number of methoxy groups -OCH3 is 1. The summed E-state index contributed by atoms with van der Waals surface area (Å²) >= 11 is 0. The predicted molar refractivity (Wildman–Crippen MR) is 106 cm³/mol. The van der Waals surface area contributed by atoms with Crippen LogP contribution in [0, 0.1) is 0 Å². The maximum Gasteiger partial charge on any atom is 0.261 e. The molecule has 0 unspecified atom stereocenters. The smallest absolute Gasteiger partial charge is 0.261 e. The molecule has 27 heavy (non-hydrogen) atoms. The Bertz CT molecular complexity index is 826. The fraction of sp³-hybridized carbons (Fsp3) is 0.174. The maximum atomic E-state index is 12.8. The number of rotatable bonds is 7. The minimum absolute atomic E-state index is 0.185. The van der Waals surface area contributed by atoms with E-state index in [2.05, 4.69) is 5.32 Å². The standard InChI is InChI=1S/C23H23NO3/c1-17(27-21-15-9-14-20(16-21)26-2)23(25)24-22(18-10-5-3-6-11-18)19-12-7-4-8-13-19/h3-17,22H,1-2H3,(H,24,25)/t17-/m1/s1. The Hall–Kier alpha value is -3.27. The first kappa shape index (κ1) is 18.5. The van der Waals surface area contributed by atoms with Gasteiger partial charge in [-0.15, -0.1) is 0 Å². The quantitative estimate of drug-likeness (QED) is 0.680. The van der Waals surface area contributed by atoms with Crippen molar-refractivity contribution in [2.75, 3.05) is 7.11 Å². The lowest BCUT2D eigenvalue weighted by Crippen LogP contribution is -2.39. The van der Waals surface area contributed by atoms with Crippen LogP contribution in [0.1, 0.15) is 24.1 Å². The number of ether oxygens (including phenoxy) is 2. The third-order valence-electron chi connectivity index (χ3n) is 4.28. The molecule has 0 saturated carbocycles. The molecule has 0 bridgehead atoms. The second-order valence-corrected chi connectivity index (χ2v) is 6.20. The van der Waals surface area contributed by atoms with Gasteiger partial charge in [0, 0.05) is 6.07 Å². The number of hydrogen-bond donors (Lipinski definition) is 1.